The number of halogens is 3. The van der Waals surface area contributed by atoms with E-state index in [2.05, 4.69) is 15.2 Å². The van der Waals surface area contributed by atoms with Crippen molar-refractivity contribution in [3.05, 3.63) is 43.2 Å². The van der Waals surface area contributed by atoms with Gasteiger partial charge in [0.2, 0.25) is 5.95 Å². The minimum atomic E-state index is -1.07. The molecule has 0 bridgehead atoms. The molecule has 10 heteroatoms. The van der Waals surface area contributed by atoms with Gasteiger partial charge < -0.3 is 5.11 Å². The molecule has 2 heterocycles. The van der Waals surface area contributed by atoms with Gasteiger partial charge >= 0.3 is 5.97 Å². The summed E-state index contributed by atoms with van der Waals surface area (Å²) in [5.74, 6) is -0.0387. The minimum absolute atomic E-state index is 0.0613. The van der Waals surface area contributed by atoms with Gasteiger partial charge in [-0.1, -0.05) is 37.0 Å². The van der Waals surface area contributed by atoms with Crippen LogP contribution in [-0.4, -0.2) is 35.6 Å². The molecule has 3 rings (SSSR count). The number of hydrogen-bond donors (Lipinski definition) is 1. The molecule has 0 aliphatic carbocycles. The summed E-state index contributed by atoms with van der Waals surface area (Å²) in [5, 5.41) is 19.4. The third-order valence-corrected chi connectivity index (χ3v) is 5.78. The molecule has 3 aromatic rings. The van der Waals surface area contributed by atoms with Crippen molar-refractivity contribution >= 4 is 51.8 Å². The molecule has 0 unspecified atom stereocenters. The van der Waals surface area contributed by atoms with Gasteiger partial charge in [-0.3, -0.25) is 0 Å². The predicted octanol–water partition coefficient (Wildman–Crippen LogP) is 4.70. The molecular weight excluding hydrogens is 504 g/mol. The second kappa shape index (κ2) is 7.76. The van der Waals surface area contributed by atoms with Crippen molar-refractivity contribution in [1.29, 1.82) is 0 Å². The van der Waals surface area contributed by atoms with Gasteiger partial charge in [-0.25, -0.2) is 9.48 Å². The van der Waals surface area contributed by atoms with Crippen LogP contribution in [0.25, 0.3) is 17.3 Å². The molecule has 0 saturated heterocycles. The quantitative estimate of drug-likeness (QED) is 0.493. The van der Waals surface area contributed by atoms with Crippen molar-refractivity contribution in [2.45, 2.75) is 27.3 Å². The van der Waals surface area contributed by atoms with E-state index in [0.717, 1.165) is 0 Å². The van der Waals surface area contributed by atoms with E-state index in [1.165, 1.54) is 4.68 Å². The monoisotopic (exact) mass is 519 g/mol. The molecule has 0 aliphatic heterocycles. The zero-order chi connectivity index (χ0) is 19.9. The number of carbonyl (C=O) groups is 1. The van der Waals surface area contributed by atoms with E-state index >= 15 is 0 Å². The molecular formula is C17H16Cl2IN5O2. The van der Waals surface area contributed by atoms with Crippen LogP contribution in [-0.2, 0) is 6.54 Å². The van der Waals surface area contributed by atoms with E-state index in [9.17, 15) is 9.90 Å². The van der Waals surface area contributed by atoms with Crippen LogP contribution in [0.5, 0.6) is 0 Å². The Bertz CT molecular complexity index is 1030. The van der Waals surface area contributed by atoms with Gasteiger partial charge in [0.25, 0.3) is 0 Å². The highest BCUT2D eigenvalue weighted by Crippen LogP contribution is 2.28. The summed E-state index contributed by atoms with van der Waals surface area (Å²) in [4.78, 5) is 16.3. The number of aryl methyl sites for hydroxylation is 1. The number of carboxylic acid groups (broad SMARTS) is 1. The minimum Gasteiger partial charge on any atom is -0.476 e. The molecule has 0 radical (unpaired) electrons. The van der Waals surface area contributed by atoms with Crippen LogP contribution in [0.3, 0.4) is 0 Å². The van der Waals surface area contributed by atoms with Gasteiger partial charge in [0.15, 0.2) is 11.5 Å². The number of hydrogen-bond acceptors (Lipinski definition) is 4. The molecule has 1 N–H and O–H groups in total. The molecule has 1 aromatic carbocycles. The SMILES string of the molecule is Cc1nn(-c2nc(-c3ccc(Cl)c(Cl)c3)nn2CC(C)C)c(C(=O)O)c1I. The van der Waals surface area contributed by atoms with Gasteiger partial charge in [-0.2, -0.15) is 14.8 Å². The van der Waals surface area contributed by atoms with Crippen LogP contribution in [0.15, 0.2) is 18.2 Å². The first-order chi connectivity index (χ1) is 12.7. The molecule has 0 aliphatic rings. The van der Waals surface area contributed by atoms with E-state index < -0.39 is 5.97 Å². The predicted molar refractivity (Wildman–Crippen MR) is 112 cm³/mol. The molecule has 142 valence electrons. The van der Waals surface area contributed by atoms with Crippen LogP contribution in [0.1, 0.15) is 30.0 Å². The van der Waals surface area contributed by atoms with Crippen LogP contribution in [0.4, 0.5) is 0 Å². The van der Waals surface area contributed by atoms with E-state index in [1.54, 1.807) is 29.8 Å². The smallest absolute Gasteiger partial charge is 0.355 e. The fourth-order valence-corrected chi connectivity index (χ4v) is 3.42. The average molecular weight is 520 g/mol. The number of rotatable bonds is 5. The first-order valence-corrected chi connectivity index (χ1v) is 9.91. The lowest BCUT2D eigenvalue weighted by molar-refractivity contribution is 0.0685. The molecule has 7 nitrogen and oxygen atoms in total. The maximum atomic E-state index is 11.8. The number of aromatic nitrogens is 5. The summed E-state index contributed by atoms with van der Waals surface area (Å²) in [6.45, 7) is 6.40. The second-order valence-corrected chi connectivity index (χ2v) is 8.30. The van der Waals surface area contributed by atoms with Gasteiger partial charge in [-0.15, -0.1) is 5.10 Å². The Labute approximate surface area is 179 Å². The average Bonchev–Trinajstić information content (AvgIpc) is 3.11. The molecule has 0 spiro atoms. The largest absolute Gasteiger partial charge is 0.476 e. The molecule has 2 aromatic heterocycles. The van der Waals surface area contributed by atoms with Gasteiger partial charge in [0.05, 0.1) is 19.3 Å². The molecule has 0 amide bonds. The molecule has 0 fully saturated rings. The third-order valence-electron chi connectivity index (χ3n) is 3.75. The van der Waals surface area contributed by atoms with Crippen LogP contribution < -0.4 is 0 Å². The Balaban J connectivity index is 2.21. The molecule has 0 saturated carbocycles. The van der Waals surface area contributed by atoms with E-state index in [4.69, 9.17) is 23.2 Å². The summed E-state index contributed by atoms with van der Waals surface area (Å²) >= 11 is 14.1. The summed E-state index contributed by atoms with van der Waals surface area (Å²) in [6, 6.07) is 5.12. The second-order valence-electron chi connectivity index (χ2n) is 6.41. The van der Waals surface area contributed by atoms with E-state index in [1.807, 2.05) is 36.4 Å². The maximum absolute atomic E-state index is 11.8. The Hall–Kier alpha value is -1.65. The summed E-state index contributed by atoms with van der Waals surface area (Å²) in [7, 11) is 0. The zero-order valence-electron chi connectivity index (χ0n) is 14.7. The fraction of sp³-hybridized carbons (Fsp3) is 0.294. The lowest BCUT2D eigenvalue weighted by atomic mass is 10.2. The first-order valence-electron chi connectivity index (χ1n) is 8.08. The van der Waals surface area contributed by atoms with Gasteiger partial charge in [-0.05, 0) is 53.6 Å². The Morgan fingerprint density at radius 2 is 1.96 bits per heavy atom. The van der Waals surface area contributed by atoms with Crippen molar-refractivity contribution < 1.29 is 9.90 Å². The summed E-state index contributed by atoms with van der Waals surface area (Å²) in [5.41, 5.74) is 1.36. The zero-order valence-corrected chi connectivity index (χ0v) is 18.4. The van der Waals surface area contributed by atoms with Crippen LogP contribution in [0, 0.1) is 16.4 Å². The third kappa shape index (κ3) is 3.97. The number of benzene rings is 1. The lowest BCUT2D eigenvalue weighted by Crippen LogP contribution is -2.17. The van der Waals surface area contributed by atoms with Crippen molar-refractivity contribution in [2.75, 3.05) is 0 Å². The number of aromatic carboxylic acids is 1. The van der Waals surface area contributed by atoms with Crippen LogP contribution in [0.2, 0.25) is 10.0 Å². The first kappa shape index (κ1) is 20.1. The number of nitrogens with zero attached hydrogens (tertiary/aromatic N) is 5. The highest BCUT2D eigenvalue weighted by molar-refractivity contribution is 14.1. The highest BCUT2D eigenvalue weighted by atomic mass is 127. The van der Waals surface area contributed by atoms with Crippen molar-refractivity contribution in [1.82, 2.24) is 24.5 Å². The van der Waals surface area contributed by atoms with E-state index in [0.29, 0.717) is 43.2 Å². The normalized spacial score (nSPS) is 11.4. The Kier molecular flexibility index (Phi) is 5.78. The lowest BCUT2D eigenvalue weighted by Gasteiger charge is -2.09. The van der Waals surface area contributed by atoms with Crippen molar-refractivity contribution in [3.63, 3.8) is 0 Å². The van der Waals surface area contributed by atoms with Crippen LogP contribution >= 0.6 is 45.8 Å². The fourth-order valence-electron chi connectivity index (χ4n) is 2.55. The van der Waals surface area contributed by atoms with E-state index in [-0.39, 0.29) is 11.6 Å². The van der Waals surface area contributed by atoms with Gasteiger partial charge in [0, 0.05) is 12.1 Å². The summed E-state index contributed by atoms with van der Waals surface area (Å²) < 4.78 is 3.56. The highest BCUT2D eigenvalue weighted by Gasteiger charge is 2.25. The molecule has 0 atom stereocenters. The van der Waals surface area contributed by atoms with Crippen molar-refractivity contribution in [2.24, 2.45) is 5.92 Å². The Morgan fingerprint density at radius 1 is 1.26 bits per heavy atom. The number of carboxylic acids is 1. The molecule has 27 heavy (non-hydrogen) atoms. The topological polar surface area (TPSA) is 85.8 Å². The van der Waals surface area contributed by atoms with Gasteiger partial charge in [0.1, 0.15) is 0 Å². The standard InChI is InChI=1S/C17H16Cl2IN5O2/c1-8(2)7-24-17(25-14(16(26)27)13(20)9(3)22-25)21-15(23-24)10-4-5-11(18)12(19)6-10/h4-6,8H,7H2,1-3H3,(H,26,27). The summed E-state index contributed by atoms with van der Waals surface area (Å²) in [6.07, 6.45) is 0. The van der Waals surface area contributed by atoms with Crippen molar-refractivity contribution in [3.8, 4) is 17.3 Å². The maximum Gasteiger partial charge on any atom is 0.355 e. The Morgan fingerprint density at radius 3 is 2.56 bits per heavy atom.